The first-order chi connectivity index (χ1) is 19.6. The van der Waals surface area contributed by atoms with Crippen molar-refractivity contribution in [2.24, 2.45) is 0 Å². The molecule has 0 bridgehead atoms. The SMILES string of the molecule is CC(C)c1ccc(Oc2nccc(-c3c(-c4ccc(F)cc4)nc(N4CCCCC4)n3C(=O)OC(C)(C)C)n2)cc1. The lowest BCUT2D eigenvalue weighted by Crippen LogP contribution is -2.35. The Morgan fingerprint density at radius 2 is 1.61 bits per heavy atom. The van der Waals surface area contributed by atoms with Gasteiger partial charge in [-0.15, -0.1) is 0 Å². The Kier molecular flexibility index (Phi) is 8.06. The molecule has 0 atom stereocenters. The predicted molar refractivity (Wildman–Crippen MR) is 157 cm³/mol. The number of hydrogen-bond acceptors (Lipinski definition) is 7. The van der Waals surface area contributed by atoms with Crippen molar-refractivity contribution in [2.75, 3.05) is 18.0 Å². The predicted octanol–water partition coefficient (Wildman–Crippen LogP) is 7.84. The van der Waals surface area contributed by atoms with E-state index in [-0.39, 0.29) is 11.8 Å². The zero-order valence-electron chi connectivity index (χ0n) is 24.2. The molecule has 0 radical (unpaired) electrons. The molecule has 9 heteroatoms. The van der Waals surface area contributed by atoms with Crippen molar-refractivity contribution >= 4 is 12.0 Å². The number of ether oxygens (including phenoxy) is 2. The summed E-state index contributed by atoms with van der Waals surface area (Å²) in [6, 6.07) is 15.7. The summed E-state index contributed by atoms with van der Waals surface area (Å²) in [5.74, 6) is 1.11. The van der Waals surface area contributed by atoms with E-state index < -0.39 is 11.7 Å². The van der Waals surface area contributed by atoms with Gasteiger partial charge in [0.1, 0.15) is 28.6 Å². The van der Waals surface area contributed by atoms with Gasteiger partial charge in [-0.3, -0.25) is 0 Å². The van der Waals surface area contributed by atoms with Crippen LogP contribution in [0.4, 0.5) is 15.1 Å². The van der Waals surface area contributed by atoms with Gasteiger partial charge in [-0.2, -0.15) is 4.98 Å². The second kappa shape index (κ2) is 11.7. The summed E-state index contributed by atoms with van der Waals surface area (Å²) in [7, 11) is 0. The summed E-state index contributed by atoms with van der Waals surface area (Å²) in [5, 5.41) is 0. The van der Waals surface area contributed by atoms with E-state index in [1.54, 1.807) is 24.4 Å². The van der Waals surface area contributed by atoms with Crippen molar-refractivity contribution in [1.29, 1.82) is 0 Å². The molecule has 4 aromatic rings. The van der Waals surface area contributed by atoms with Gasteiger partial charge in [0.15, 0.2) is 0 Å². The number of anilines is 1. The lowest BCUT2D eigenvalue weighted by molar-refractivity contribution is 0.0541. The first kappa shape index (κ1) is 28.3. The average Bonchev–Trinajstić information content (AvgIpc) is 3.34. The first-order valence-electron chi connectivity index (χ1n) is 14.1. The van der Waals surface area contributed by atoms with E-state index in [4.69, 9.17) is 19.4 Å². The van der Waals surface area contributed by atoms with Crippen molar-refractivity contribution < 1.29 is 18.7 Å². The van der Waals surface area contributed by atoms with Crippen molar-refractivity contribution in [3.8, 4) is 34.4 Å². The van der Waals surface area contributed by atoms with Crippen molar-refractivity contribution in [1.82, 2.24) is 19.5 Å². The molecule has 0 unspecified atom stereocenters. The van der Waals surface area contributed by atoms with Crippen LogP contribution in [0.25, 0.3) is 22.6 Å². The van der Waals surface area contributed by atoms with Gasteiger partial charge in [-0.25, -0.2) is 23.7 Å². The van der Waals surface area contributed by atoms with Crippen LogP contribution in [0.5, 0.6) is 11.8 Å². The van der Waals surface area contributed by atoms with Gasteiger partial charge in [0.25, 0.3) is 0 Å². The second-order valence-electron chi connectivity index (χ2n) is 11.5. The van der Waals surface area contributed by atoms with Crippen LogP contribution in [0, 0.1) is 5.82 Å². The van der Waals surface area contributed by atoms with Gasteiger partial charge >= 0.3 is 12.1 Å². The van der Waals surface area contributed by atoms with Crippen LogP contribution in [-0.4, -0.2) is 44.3 Å². The molecule has 2 aromatic carbocycles. The molecular weight excluding hydrogens is 521 g/mol. The van der Waals surface area contributed by atoms with E-state index in [0.717, 1.165) is 32.4 Å². The van der Waals surface area contributed by atoms with Crippen LogP contribution in [-0.2, 0) is 4.74 Å². The Morgan fingerprint density at radius 1 is 0.927 bits per heavy atom. The molecule has 0 aliphatic carbocycles. The zero-order valence-corrected chi connectivity index (χ0v) is 24.2. The Balaban J connectivity index is 1.65. The van der Waals surface area contributed by atoms with Crippen LogP contribution < -0.4 is 9.64 Å². The number of carbonyl (C=O) groups is 1. The standard InChI is InChI=1S/C32H36FN5O3/c1-21(2)22-11-15-25(16-12-22)40-29-34-18-17-26(35-29)28-27(23-9-13-24(33)14-10-23)36-30(37-19-7-6-8-20-37)38(28)31(39)41-32(3,4)5/h9-18,21H,6-8,19-20H2,1-5H3. The molecule has 1 aliphatic heterocycles. The zero-order chi connectivity index (χ0) is 29.1. The van der Waals surface area contributed by atoms with Crippen LogP contribution in [0.15, 0.2) is 60.8 Å². The number of halogens is 1. The fourth-order valence-corrected chi connectivity index (χ4v) is 4.79. The smallest absolute Gasteiger partial charge is 0.422 e. The third-order valence-electron chi connectivity index (χ3n) is 6.82. The van der Waals surface area contributed by atoms with Crippen LogP contribution in [0.1, 0.15) is 65.4 Å². The quantitative estimate of drug-likeness (QED) is 0.239. The number of piperidine rings is 1. The molecule has 1 saturated heterocycles. The van der Waals surface area contributed by atoms with Crippen LogP contribution in [0.3, 0.4) is 0 Å². The third-order valence-corrected chi connectivity index (χ3v) is 6.82. The molecule has 0 amide bonds. The normalized spacial score (nSPS) is 13.9. The van der Waals surface area contributed by atoms with Crippen LogP contribution >= 0.6 is 0 Å². The average molecular weight is 558 g/mol. The van der Waals surface area contributed by atoms with E-state index in [1.807, 2.05) is 45.0 Å². The van der Waals surface area contributed by atoms with Gasteiger partial charge in [0.05, 0.1) is 5.69 Å². The van der Waals surface area contributed by atoms with Gasteiger partial charge in [-0.05, 0) is 94.0 Å². The highest BCUT2D eigenvalue weighted by Crippen LogP contribution is 2.37. The molecule has 2 aromatic heterocycles. The molecule has 214 valence electrons. The number of carbonyl (C=O) groups excluding carboxylic acids is 1. The summed E-state index contributed by atoms with van der Waals surface area (Å²) in [5.41, 5.74) is 2.44. The van der Waals surface area contributed by atoms with Gasteiger partial charge in [0.2, 0.25) is 5.95 Å². The minimum atomic E-state index is -0.740. The molecule has 41 heavy (non-hydrogen) atoms. The van der Waals surface area contributed by atoms with E-state index in [2.05, 4.69) is 23.7 Å². The van der Waals surface area contributed by atoms with E-state index >= 15 is 0 Å². The molecule has 0 N–H and O–H groups in total. The molecule has 0 saturated carbocycles. The number of nitrogens with zero attached hydrogens (tertiary/aromatic N) is 5. The van der Waals surface area contributed by atoms with Gasteiger partial charge in [-0.1, -0.05) is 26.0 Å². The number of imidazole rings is 1. The topological polar surface area (TPSA) is 82.4 Å². The lowest BCUT2D eigenvalue weighted by atomic mass is 10.0. The number of aromatic nitrogens is 4. The van der Waals surface area contributed by atoms with Crippen molar-refractivity contribution in [2.45, 2.75) is 65.4 Å². The maximum absolute atomic E-state index is 13.9. The minimum Gasteiger partial charge on any atom is -0.443 e. The third kappa shape index (κ3) is 6.56. The second-order valence-corrected chi connectivity index (χ2v) is 11.5. The van der Waals surface area contributed by atoms with Crippen molar-refractivity contribution in [3.05, 3.63) is 72.2 Å². The molecule has 0 spiro atoms. The number of rotatable bonds is 6. The Hall–Kier alpha value is -4.27. The fraction of sp³-hybridized carbons (Fsp3) is 0.375. The molecule has 3 heterocycles. The Bertz CT molecular complexity index is 1500. The Labute approximate surface area is 240 Å². The minimum absolute atomic E-state index is 0.126. The highest BCUT2D eigenvalue weighted by molar-refractivity contribution is 5.89. The number of benzene rings is 2. The maximum Gasteiger partial charge on any atom is 0.422 e. The fourth-order valence-electron chi connectivity index (χ4n) is 4.79. The van der Waals surface area contributed by atoms with E-state index in [0.29, 0.717) is 40.3 Å². The first-order valence-corrected chi connectivity index (χ1v) is 14.1. The molecule has 5 rings (SSSR count). The number of hydrogen-bond donors (Lipinski definition) is 0. The molecule has 1 aliphatic rings. The van der Waals surface area contributed by atoms with Crippen LogP contribution in [0.2, 0.25) is 0 Å². The van der Waals surface area contributed by atoms with Crippen molar-refractivity contribution in [3.63, 3.8) is 0 Å². The van der Waals surface area contributed by atoms with E-state index in [1.165, 1.54) is 22.3 Å². The summed E-state index contributed by atoms with van der Waals surface area (Å²) in [6.45, 7) is 11.2. The highest BCUT2D eigenvalue weighted by Gasteiger charge is 2.32. The summed E-state index contributed by atoms with van der Waals surface area (Å²) in [4.78, 5) is 29.9. The summed E-state index contributed by atoms with van der Waals surface area (Å²) in [6.07, 6.45) is 4.11. The van der Waals surface area contributed by atoms with E-state index in [9.17, 15) is 9.18 Å². The van der Waals surface area contributed by atoms with Gasteiger partial charge < -0.3 is 14.4 Å². The Morgan fingerprint density at radius 3 is 2.24 bits per heavy atom. The summed E-state index contributed by atoms with van der Waals surface area (Å²) >= 11 is 0. The maximum atomic E-state index is 13.9. The summed E-state index contributed by atoms with van der Waals surface area (Å²) < 4.78 is 27.3. The molecule has 8 nitrogen and oxygen atoms in total. The highest BCUT2D eigenvalue weighted by atomic mass is 19.1. The monoisotopic (exact) mass is 557 g/mol. The lowest BCUT2D eigenvalue weighted by Gasteiger charge is -2.29. The molecular formula is C32H36FN5O3. The molecule has 1 fully saturated rings. The largest absolute Gasteiger partial charge is 0.443 e. The van der Waals surface area contributed by atoms with Gasteiger partial charge in [0, 0.05) is 24.8 Å².